The van der Waals surface area contributed by atoms with Gasteiger partial charge in [-0.1, -0.05) is 141 Å². The summed E-state index contributed by atoms with van der Waals surface area (Å²) < 4.78 is 38.3. The molecule has 0 saturated carbocycles. The number of aromatic nitrogens is 3. The van der Waals surface area contributed by atoms with E-state index in [0.29, 0.717) is 17.0 Å². The largest absolute Gasteiger partial charge is 0.276 e. The Hall–Kier alpha value is -5.58. The zero-order valence-corrected chi connectivity index (χ0v) is 26.5. The van der Waals surface area contributed by atoms with E-state index in [1.165, 1.54) is 27.0 Å². The lowest BCUT2D eigenvalue weighted by molar-refractivity contribution is 0.674. The number of rotatable bonds is 3. The standard InChI is InChI=1S/C43H29N3S/c1-43(2)34-17-9-6-15-31(34)37-33-25-24-30-29-14-8-11-19-36(29)46(39(30)40(33)47-41(37)43)42-44-35-18-10-7-16-32(35)38(45-42)28-22-20-27(21-23-28)26-12-4-3-5-13-26/h3-25H,1-2H3/i7D,10D,16D,18D. The predicted octanol–water partition coefficient (Wildman–Crippen LogP) is 11.6. The second kappa shape index (κ2) is 9.71. The molecule has 0 bridgehead atoms. The Balaban J connectivity index is 1.31. The highest BCUT2D eigenvalue weighted by molar-refractivity contribution is 7.21. The van der Waals surface area contributed by atoms with Gasteiger partial charge in [-0.25, -0.2) is 9.97 Å². The minimum atomic E-state index is -0.317. The molecule has 0 spiro atoms. The minimum absolute atomic E-state index is 0.152. The molecule has 0 unspecified atom stereocenters. The van der Waals surface area contributed by atoms with Crippen molar-refractivity contribution < 1.29 is 5.48 Å². The van der Waals surface area contributed by atoms with Crippen LogP contribution >= 0.6 is 11.3 Å². The summed E-state index contributed by atoms with van der Waals surface area (Å²) in [7, 11) is 0. The summed E-state index contributed by atoms with van der Waals surface area (Å²) in [6.45, 7) is 4.60. The van der Waals surface area contributed by atoms with Crippen molar-refractivity contribution in [3.63, 3.8) is 0 Å². The quantitative estimate of drug-likeness (QED) is 0.196. The van der Waals surface area contributed by atoms with Crippen LogP contribution in [-0.4, -0.2) is 14.5 Å². The fraction of sp³-hybridized carbons (Fsp3) is 0.0698. The molecule has 0 atom stereocenters. The lowest BCUT2D eigenvalue weighted by Crippen LogP contribution is -2.13. The molecule has 0 amide bonds. The van der Waals surface area contributed by atoms with Gasteiger partial charge in [0.2, 0.25) is 5.95 Å². The molecule has 3 heterocycles. The van der Waals surface area contributed by atoms with Crippen LogP contribution in [0, 0.1) is 0 Å². The van der Waals surface area contributed by atoms with E-state index in [2.05, 4.69) is 79.1 Å². The molecular formula is C43H29N3S. The van der Waals surface area contributed by atoms with Gasteiger partial charge in [-0.3, -0.25) is 4.57 Å². The molecule has 0 radical (unpaired) electrons. The van der Waals surface area contributed by atoms with Gasteiger partial charge in [0.05, 0.1) is 32.4 Å². The maximum atomic E-state index is 9.00. The number of benzene rings is 6. The third-order valence-corrected chi connectivity index (χ3v) is 11.3. The first kappa shape index (κ1) is 22.8. The van der Waals surface area contributed by atoms with Gasteiger partial charge in [-0.15, -0.1) is 11.3 Å². The number of nitrogens with zero attached hydrogens (tertiary/aromatic N) is 3. The van der Waals surface area contributed by atoms with E-state index in [9.17, 15) is 0 Å². The van der Waals surface area contributed by atoms with E-state index in [4.69, 9.17) is 15.5 Å². The first-order valence-electron chi connectivity index (χ1n) is 17.8. The van der Waals surface area contributed by atoms with Crippen LogP contribution in [-0.2, 0) is 5.41 Å². The first-order chi connectivity index (χ1) is 24.7. The van der Waals surface area contributed by atoms with Crippen molar-refractivity contribution in [2.45, 2.75) is 19.3 Å². The topological polar surface area (TPSA) is 30.7 Å². The van der Waals surface area contributed by atoms with E-state index < -0.39 is 0 Å². The summed E-state index contributed by atoms with van der Waals surface area (Å²) in [6.07, 6.45) is 0. The second-order valence-corrected chi connectivity index (χ2v) is 13.7. The Morgan fingerprint density at radius 1 is 0.638 bits per heavy atom. The Morgan fingerprint density at radius 2 is 1.34 bits per heavy atom. The zero-order valence-electron chi connectivity index (χ0n) is 29.7. The van der Waals surface area contributed by atoms with Crippen molar-refractivity contribution in [2.24, 2.45) is 0 Å². The average molecular weight is 624 g/mol. The van der Waals surface area contributed by atoms with Gasteiger partial charge in [-0.2, -0.15) is 0 Å². The van der Waals surface area contributed by atoms with Crippen LogP contribution in [0.4, 0.5) is 0 Å². The van der Waals surface area contributed by atoms with E-state index in [0.717, 1.165) is 43.2 Å². The van der Waals surface area contributed by atoms with Crippen LogP contribution in [0.5, 0.6) is 0 Å². The lowest BCUT2D eigenvalue weighted by Gasteiger charge is -2.19. The van der Waals surface area contributed by atoms with Crippen LogP contribution in [0.15, 0.2) is 139 Å². The molecule has 47 heavy (non-hydrogen) atoms. The van der Waals surface area contributed by atoms with Gasteiger partial charge >= 0.3 is 0 Å². The Bertz CT molecular complexity index is 2930. The Labute approximate surface area is 282 Å². The molecule has 0 fully saturated rings. The molecular weight excluding hydrogens is 591 g/mol. The maximum absolute atomic E-state index is 9.00. The van der Waals surface area contributed by atoms with Crippen molar-refractivity contribution in [1.82, 2.24) is 14.5 Å². The molecule has 222 valence electrons. The molecule has 6 aromatic carbocycles. The smallest absolute Gasteiger partial charge is 0.235 e. The summed E-state index contributed by atoms with van der Waals surface area (Å²) in [4.78, 5) is 11.6. The number of hydrogen-bond acceptors (Lipinski definition) is 3. The van der Waals surface area contributed by atoms with E-state index in [1.807, 2.05) is 65.9 Å². The van der Waals surface area contributed by atoms with Crippen LogP contribution in [0.25, 0.3) is 82.3 Å². The first-order valence-corrected chi connectivity index (χ1v) is 16.6. The predicted molar refractivity (Wildman–Crippen MR) is 198 cm³/mol. The molecule has 3 aromatic heterocycles. The fourth-order valence-electron chi connectivity index (χ4n) is 7.49. The number of fused-ring (bicyclic) bond motifs is 10. The molecule has 4 heteroatoms. The number of para-hydroxylation sites is 2. The highest BCUT2D eigenvalue weighted by atomic mass is 32.1. The van der Waals surface area contributed by atoms with E-state index in [1.54, 1.807) is 0 Å². The summed E-state index contributed by atoms with van der Waals surface area (Å²) in [5, 5.41) is 3.63. The van der Waals surface area contributed by atoms with Crippen molar-refractivity contribution in [1.29, 1.82) is 0 Å². The molecule has 9 aromatic rings. The lowest BCUT2D eigenvalue weighted by atomic mass is 9.87. The third-order valence-electron chi connectivity index (χ3n) is 9.72. The van der Waals surface area contributed by atoms with Crippen molar-refractivity contribution in [3.05, 3.63) is 150 Å². The summed E-state index contributed by atoms with van der Waals surface area (Å²) >= 11 is 1.82. The van der Waals surface area contributed by atoms with Crippen molar-refractivity contribution in [3.8, 4) is 39.5 Å². The van der Waals surface area contributed by atoms with Gasteiger partial charge in [0.1, 0.15) is 0 Å². The highest BCUT2D eigenvalue weighted by Crippen LogP contribution is 2.56. The highest BCUT2D eigenvalue weighted by Gasteiger charge is 2.39. The summed E-state index contributed by atoms with van der Waals surface area (Å²) in [5.41, 5.74) is 9.18. The molecule has 1 aliphatic rings. The van der Waals surface area contributed by atoms with Crippen LogP contribution in [0.2, 0.25) is 0 Å². The normalized spacial score (nSPS) is 14.7. The monoisotopic (exact) mass is 623 g/mol. The zero-order chi connectivity index (χ0) is 34.8. The maximum Gasteiger partial charge on any atom is 0.235 e. The summed E-state index contributed by atoms with van der Waals surface area (Å²) in [5.74, 6) is 0.363. The van der Waals surface area contributed by atoms with Gasteiger partial charge in [0, 0.05) is 43.0 Å². The molecule has 0 N–H and O–H groups in total. The third kappa shape index (κ3) is 3.73. The molecule has 0 aliphatic heterocycles. The van der Waals surface area contributed by atoms with Gasteiger partial charge in [-0.05, 0) is 34.4 Å². The van der Waals surface area contributed by atoms with E-state index >= 15 is 0 Å². The summed E-state index contributed by atoms with van der Waals surface area (Å²) in [6, 6.07) is 38.6. The average Bonchev–Trinajstić information content (AvgIpc) is 3.79. The Morgan fingerprint density at radius 3 is 2.21 bits per heavy atom. The van der Waals surface area contributed by atoms with Gasteiger partial charge in [0.25, 0.3) is 0 Å². The van der Waals surface area contributed by atoms with Crippen molar-refractivity contribution >= 4 is 54.1 Å². The molecule has 1 aliphatic carbocycles. The van der Waals surface area contributed by atoms with Crippen LogP contribution in [0.1, 0.15) is 29.8 Å². The number of thiophene rings is 1. The van der Waals surface area contributed by atoms with E-state index in [-0.39, 0.29) is 35.1 Å². The second-order valence-electron chi connectivity index (χ2n) is 12.7. The SMILES string of the molecule is [2H]c1c([2H])c([2H])c2c(-c3ccc(-c4ccccc4)cc3)nc(-n3c4ccccc4c4ccc5c6c(sc5c43)C(C)(C)c3ccccc3-6)nc2c1[2H]. The molecule has 3 nitrogen and oxygen atoms in total. The number of hydrogen-bond donors (Lipinski definition) is 0. The van der Waals surface area contributed by atoms with Crippen molar-refractivity contribution in [2.75, 3.05) is 0 Å². The minimum Gasteiger partial charge on any atom is -0.276 e. The molecule has 0 saturated heterocycles. The van der Waals surface area contributed by atoms with Gasteiger partial charge in [0.15, 0.2) is 0 Å². The van der Waals surface area contributed by atoms with Crippen LogP contribution in [0.3, 0.4) is 0 Å². The van der Waals surface area contributed by atoms with Crippen LogP contribution < -0.4 is 0 Å². The fourth-order valence-corrected chi connectivity index (χ4v) is 8.96. The Kier molecular flexibility index (Phi) is 4.72. The van der Waals surface area contributed by atoms with Gasteiger partial charge < -0.3 is 0 Å². The molecule has 10 rings (SSSR count).